The first-order valence-corrected chi connectivity index (χ1v) is 8.17. The molecule has 0 aliphatic carbocycles. The Bertz CT molecular complexity index is 611. The summed E-state index contributed by atoms with van der Waals surface area (Å²) in [5.41, 5.74) is 2.76. The zero-order chi connectivity index (χ0) is 14.7. The van der Waals surface area contributed by atoms with E-state index in [1.165, 1.54) is 22.9 Å². The van der Waals surface area contributed by atoms with Gasteiger partial charge in [0.25, 0.3) is 0 Å². The van der Waals surface area contributed by atoms with Crippen LogP contribution in [0.3, 0.4) is 0 Å². The maximum absolute atomic E-state index is 12.4. The van der Waals surface area contributed by atoms with E-state index in [0.717, 1.165) is 31.1 Å². The Morgan fingerprint density at radius 3 is 2.48 bits per heavy atom. The van der Waals surface area contributed by atoms with Crippen LogP contribution in [-0.4, -0.2) is 39.2 Å². The number of carbonyl (C=O) groups excluding carboxylic acids is 1. The fourth-order valence-corrected chi connectivity index (χ4v) is 3.46. The van der Waals surface area contributed by atoms with Crippen molar-refractivity contribution in [2.45, 2.75) is 18.0 Å². The Morgan fingerprint density at radius 1 is 1.24 bits per heavy atom. The number of aryl methyl sites for hydroxylation is 1. The summed E-state index contributed by atoms with van der Waals surface area (Å²) in [6.45, 7) is 1.63. The first-order chi connectivity index (χ1) is 10.2. The largest absolute Gasteiger partial charge is 0.341 e. The minimum Gasteiger partial charge on any atom is -0.341 e. The summed E-state index contributed by atoms with van der Waals surface area (Å²) in [5, 5.41) is 0.890. The quantitative estimate of drug-likeness (QED) is 0.815. The van der Waals surface area contributed by atoms with Gasteiger partial charge in [-0.3, -0.25) is 4.79 Å². The molecule has 2 heterocycles. The number of benzene rings is 1. The fraction of sp³-hybridized carbons (Fsp3) is 0.375. The number of rotatable bonds is 3. The van der Waals surface area contributed by atoms with Gasteiger partial charge >= 0.3 is 0 Å². The summed E-state index contributed by atoms with van der Waals surface area (Å²) >= 11 is 1.51. The second kappa shape index (κ2) is 6.35. The molecule has 1 aromatic heterocycles. The number of aromatic nitrogens is 2. The van der Waals surface area contributed by atoms with Crippen molar-refractivity contribution in [3.63, 3.8) is 0 Å². The number of carbonyl (C=O) groups is 1. The Labute approximate surface area is 129 Å². The average Bonchev–Trinajstić information content (AvgIpc) is 2.79. The molecule has 1 aliphatic heterocycles. The number of hydrogen-bond acceptors (Lipinski definition) is 3. The molecule has 0 saturated heterocycles. The van der Waals surface area contributed by atoms with E-state index in [-0.39, 0.29) is 5.91 Å². The standard InChI is InChI=1S/C16H19N3OS/c1-18-11-8-17-16(18)21-12-15(20)19-9-6-13-4-2-3-5-14(13)7-10-19/h2-5,8,11H,6-7,9-10,12H2,1H3. The van der Waals surface area contributed by atoms with E-state index >= 15 is 0 Å². The summed E-state index contributed by atoms with van der Waals surface area (Å²) in [7, 11) is 1.95. The minimum absolute atomic E-state index is 0.204. The van der Waals surface area contributed by atoms with Crippen LogP contribution in [-0.2, 0) is 24.7 Å². The third-order valence-corrected chi connectivity index (χ3v) is 4.92. The van der Waals surface area contributed by atoms with Crippen molar-refractivity contribution in [2.75, 3.05) is 18.8 Å². The maximum atomic E-state index is 12.4. The molecule has 0 spiro atoms. The van der Waals surface area contributed by atoms with Crippen LogP contribution >= 0.6 is 11.8 Å². The molecule has 4 nitrogen and oxygen atoms in total. The van der Waals surface area contributed by atoms with Crippen molar-refractivity contribution in [3.05, 3.63) is 47.8 Å². The van der Waals surface area contributed by atoms with Crippen molar-refractivity contribution in [1.82, 2.24) is 14.5 Å². The van der Waals surface area contributed by atoms with Crippen LogP contribution in [0.15, 0.2) is 41.8 Å². The number of imidazole rings is 1. The lowest BCUT2D eigenvalue weighted by Gasteiger charge is -2.19. The number of thioether (sulfide) groups is 1. The van der Waals surface area contributed by atoms with Gasteiger partial charge in [-0.05, 0) is 24.0 Å². The van der Waals surface area contributed by atoms with Gasteiger partial charge in [0.05, 0.1) is 5.75 Å². The summed E-state index contributed by atoms with van der Waals surface area (Å²) in [4.78, 5) is 18.6. The molecule has 0 atom stereocenters. The van der Waals surface area contributed by atoms with Crippen LogP contribution < -0.4 is 0 Å². The number of amides is 1. The molecule has 0 radical (unpaired) electrons. The van der Waals surface area contributed by atoms with E-state index in [0.29, 0.717) is 5.75 Å². The van der Waals surface area contributed by atoms with Gasteiger partial charge in [0.2, 0.25) is 5.91 Å². The van der Waals surface area contributed by atoms with E-state index in [1.54, 1.807) is 6.20 Å². The van der Waals surface area contributed by atoms with Crippen molar-refractivity contribution < 1.29 is 4.79 Å². The second-order valence-electron chi connectivity index (χ2n) is 5.26. The van der Waals surface area contributed by atoms with Crippen LogP contribution in [0.25, 0.3) is 0 Å². The average molecular weight is 301 g/mol. The third kappa shape index (κ3) is 3.29. The van der Waals surface area contributed by atoms with E-state index in [1.807, 2.05) is 22.7 Å². The van der Waals surface area contributed by atoms with Crippen LogP contribution in [0, 0.1) is 0 Å². The van der Waals surface area contributed by atoms with Crippen molar-refractivity contribution in [2.24, 2.45) is 7.05 Å². The van der Waals surface area contributed by atoms with Crippen molar-refractivity contribution >= 4 is 17.7 Å². The first kappa shape index (κ1) is 14.2. The molecule has 0 bridgehead atoms. The lowest BCUT2D eigenvalue weighted by Crippen LogP contribution is -2.34. The Balaban J connectivity index is 1.58. The van der Waals surface area contributed by atoms with Crippen LogP contribution in [0.2, 0.25) is 0 Å². The molecular formula is C16H19N3OS. The van der Waals surface area contributed by atoms with Crippen molar-refractivity contribution in [3.8, 4) is 0 Å². The van der Waals surface area contributed by atoms with E-state index in [2.05, 4.69) is 29.2 Å². The molecule has 1 aromatic carbocycles. The Kier molecular flexibility index (Phi) is 4.29. The lowest BCUT2D eigenvalue weighted by molar-refractivity contribution is -0.128. The SMILES string of the molecule is Cn1ccnc1SCC(=O)N1CCc2ccccc2CC1. The molecule has 0 N–H and O–H groups in total. The van der Waals surface area contributed by atoms with Gasteiger partial charge in [0.15, 0.2) is 5.16 Å². The zero-order valence-corrected chi connectivity index (χ0v) is 13.0. The molecule has 0 fully saturated rings. The Hall–Kier alpha value is -1.75. The second-order valence-corrected chi connectivity index (χ2v) is 6.20. The summed E-state index contributed by atoms with van der Waals surface area (Å²) in [6.07, 6.45) is 5.56. The predicted octanol–water partition coefficient (Wildman–Crippen LogP) is 2.14. The van der Waals surface area contributed by atoms with Crippen LogP contribution in [0.4, 0.5) is 0 Å². The highest BCUT2D eigenvalue weighted by molar-refractivity contribution is 7.99. The van der Waals surface area contributed by atoms with Gasteiger partial charge in [-0.25, -0.2) is 4.98 Å². The van der Waals surface area contributed by atoms with E-state index in [9.17, 15) is 4.79 Å². The monoisotopic (exact) mass is 301 g/mol. The van der Waals surface area contributed by atoms with Gasteiger partial charge in [-0.15, -0.1) is 0 Å². The molecule has 0 saturated carbocycles. The lowest BCUT2D eigenvalue weighted by atomic mass is 10.0. The van der Waals surface area contributed by atoms with E-state index < -0.39 is 0 Å². The number of fused-ring (bicyclic) bond motifs is 1. The molecule has 1 amide bonds. The highest BCUT2D eigenvalue weighted by atomic mass is 32.2. The predicted molar refractivity (Wildman–Crippen MR) is 84.4 cm³/mol. The smallest absolute Gasteiger partial charge is 0.233 e. The molecule has 1 aliphatic rings. The van der Waals surface area contributed by atoms with Gasteiger partial charge < -0.3 is 9.47 Å². The van der Waals surface area contributed by atoms with Gasteiger partial charge in [-0.2, -0.15) is 0 Å². The van der Waals surface area contributed by atoms with Crippen molar-refractivity contribution in [1.29, 1.82) is 0 Å². The van der Waals surface area contributed by atoms with Crippen LogP contribution in [0.1, 0.15) is 11.1 Å². The van der Waals surface area contributed by atoms with E-state index in [4.69, 9.17) is 0 Å². The van der Waals surface area contributed by atoms with Gasteiger partial charge in [0, 0.05) is 32.5 Å². The molecule has 3 rings (SSSR count). The topological polar surface area (TPSA) is 38.1 Å². The normalized spacial score (nSPS) is 14.6. The molecule has 110 valence electrons. The summed E-state index contributed by atoms with van der Waals surface area (Å²) < 4.78 is 1.94. The van der Waals surface area contributed by atoms with Crippen LogP contribution in [0.5, 0.6) is 0 Å². The molecule has 5 heteroatoms. The molecule has 0 unspecified atom stereocenters. The molecule has 2 aromatic rings. The summed E-state index contributed by atoms with van der Waals surface area (Å²) in [5.74, 6) is 0.664. The third-order valence-electron chi connectivity index (χ3n) is 3.87. The zero-order valence-electron chi connectivity index (χ0n) is 12.2. The fourth-order valence-electron chi connectivity index (χ4n) is 2.63. The van der Waals surface area contributed by atoms with Gasteiger partial charge in [-0.1, -0.05) is 36.0 Å². The number of hydrogen-bond donors (Lipinski definition) is 0. The molecular weight excluding hydrogens is 282 g/mol. The molecule has 21 heavy (non-hydrogen) atoms. The summed E-state index contributed by atoms with van der Waals surface area (Å²) in [6, 6.07) is 8.50. The Morgan fingerprint density at radius 2 is 1.90 bits per heavy atom. The first-order valence-electron chi connectivity index (χ1n) is 7.19. The highest BCUT2D eigenvalue weighted by Crippen LogP contribution is 2.18. The number of nitrogens with zero attached hydrogens (tertiary/aromatic N) is 3. The maximum Gasteiger partial charge on any atom is 0.233 e. The highest BCUT2D eigenvalue weighted by Gasteiger charge is 2.18. The van der Waals surface area contributed by atoms with Gasteiger partial charge in [0.1, 0.15) is 0 Å². The minimum atomic E-state index is 0.204.